The molecule has 0 radical (unpaired) electrons. The maximum absolute atomic E-state index is 12.8. The molecule has 0 unspecified atom stereocenters. The first-order valence-electron chi connectivity index (χ1n) is 10.1. The number of benzene rings is 2. The Hall–Kier alpha value is -3.19. The molecule has 3 aromatic rings. The fraction of sp³-hybridized carbons (Fsp3) is 0.304. The van der Waals surface area contributed by atoms with E-state index in [9.17, 15) is 9.59 Å². The minimum atomic E-state index is -0.191. The van der Waals surface area contributed by atoms with E-state index in [2.05, 4.69) is 15.5 Å². The average Bonchev–Trinajstić information content (AvgIpc) is 3.20. The van der Waals surface area contributed by atoms with Gasteiger partial charge in [0.2, 0.25) is 17.7 Å². The lowest BCUT2D eigenvalue weighted by atomic mass is 10.1. The topological polar surface area (TPSA) is 88.3 Å². The molecule has 0 aliphatic rings. The van der Waals surface area contributed by atoms with Crippen molar-refractivity contribution in [3.63, 3.8) is 0 Å². The van der Waals surface area contributed by atoms with Crippen LogP contribution in [0.5, 0.6) is 0 Å². The Bertz CT molecular complexity index is 1060. The van der Waals surface area contributed by atoms with Crippen LogP contribution >= 0.6 is 11.6 Å². The summed E-state index contributed by atoms with van der Waals surface area (Å²) in [6, 6.07) is 14.5. The Morgan fingerprint density at radius 1 is 1.10 bits per heavy atom. The van der Waals surface area contributed by atoms with Gasteiger partial charge in [-0.05, 0) is 44.5 Å². The maximum Gasteiger partial charge on any atom is 0.251 e. The first-order chi connectivity index (χ1) is 14.9. The molecule has 0 aliphatic heterocycles. The number of nitrogens with zero attached hydrogens (tertiary/aromatic N) is 3. The fourth-order valence-corrected chi connectivity index (χ4v) is 3.33. The van der Waals surface area contributed by atoms with E-state index >= 15 is 0 Å². The second kappa shape index (κ2) is 10.2. The Labute approximate surface area is 186 Å². The summed E-state index contributed by atoms with van der Waals surface area (Å²) < 4.78 is 5.72. The molecule has 2 amide bonds. The summed E-state index contributed by atoms with van der Waals surface area (Å²) >= 11 is 6.18. The summed E-state index contributed by atoms with van der Waals surface area (Å²) in [6.45, 7) is 6.12. The first-order valence-corrected chi connectivity index (χ1v) is 10.4. The zero-order valence-electron chi connectivity index (χ0n) is 17.8. The van der Waals surface area contributed by atoms with Gasteiger partial charge in [-0.3, -0.25) is 9.59 Å². The predicted octanol–water partition coefficient (Wildman–Crippen LogP) is 4.26. The highest BCUT2D eigenvalue weighted by Crippen LogP contribution is 2.26. The van der Waals surface area contributed by atoms with Crippen molar-refractivity contribution in [3.8, 4) is 11.5 Å². The van der Waals surface area contributed by atoms with Gasteiger partial charge in [-0.15, -0.1) is 10.2 Å². The predicted molar refractivity (Wildman–Crippen MR) is 119 cm³/mol. The van der Waals surface area contributed by atoms with Crippen molar-refractivity contribution in [1.82, 2.24) is 20.4 Å². The molecule has 8 heteroatoms. The van der Waals surface area contributed by atoms with Gasteiger partial charge in [-0.25, -0.2) is 0 Å². The molecule has 0 saturated carbocycles. The monoisotopic (exact) mass is 440 g/mol. The molecule has 0 saturated heterocycles. The van der Waals surface area contributed by atoms with E-state index in [1.54, 1.807) is 23.1 Å². The molecule has 31 heavy (non-hydrogen) atoms. The van der Waals surface area contributed by atoms with Crippen LogP contribution in [0.1, 0.15) is 42.1 Å². The molecule has 7 nitrogen and oxygen atoms in total. The molecule has 0 atom stereocenters. The standard InChI is InChI=1S/C23H25ClN4O3/c1-15(2)28(14-20-26-27-23(31-20)18-10-6-7-11-19(18)24)21(29)12-13-25-22(30)17-9-5-4-8-16(17)3/h4-11,15H,12-14H2,1-3H3,(H,25,30). The molecular formula is C23H25ClN4O3. The number of aromatic nitrogens is 2. The highest BCUT2D eigenvalue weighted by Gasteiger charge is 2.21. The van der Waals surface area contributed by atoms with Crippen LogP contribution in [-0.4, -0.2) is 39.5 Å². The van der Waals surface area contributed by atoms with E-state index in [0.29, 0.717) is 27.9 Å². The van der Waals surface area contributed by atoms with Crippen LogP contribution in [0.2, 0.25) is 5.02 Å². The summed E-state index contributed by atoms with van der Waals surface area (Å²) in [5.41, 5.74) is 2.14. The molecule has 3 rings (SSSR count). The van der Waals surface area contributed by atoms with Gasteiger partial charge in [-0.1, -0.05) is 41.9 Å². The minimum absolute atomic E-state index is 0.0739. The van der Waals surface area contributed by atoms with E-state index in [0.717, 1.165) is 5.56 Å². The molecule has 0 spiro atoms. The zero-order chi connectivity index (χ0) is 22.4. The summed E-state index contributed by atoms with van der Waals surface area (Å²) in [5.74, 6) is 0.323. The summed E-state index contributed by atoms with van der Waals surface area (Å²) in [6.07, 6.45) is 0.168. The van der Waals surface area contributed by atoms with Crippen molar-refractivity contribution >= 4 is 23.4 Å². The van der Waals surface area contributed by atoms with Gasteiger partial charge in [0.1, 0.15) is 0 Å². The van der Waals surface area contributed by atoms with Crippen molar-refractivity contribution < 1.29 is 14.0 Å². The van der Waals surface area contributed by atoms with E-state index in [4.69, 9.17) is 16.0 Å². The maximum atomic E-state index is 12.8. The third kappa shape index (κ3) is 5.70. The Morgan fingerprint density at radius 3 is 2.52 bits per heavy atom. The van der Waals surface area contributed by atoms with Crippen molar-refractivity contribution in [2.45, 2.75) is 39.8 Å². The first kappa shape index (κ1) is 22.5. The second-order valence-corrected chi connectivity index (χ2v) is 7.82. The number of rotatable bonds is 8. The number of hydrogen-bond acceptors (Lipinski definition) is 5. The van der Waals surface area contributed by atoms with Crippen molar-refractivity contribution in [2.75, 3.05) is 6.54 Å². The van der Waals surface area contributed by atoms with Gasteiger partial charge in [-0.2, -0.15) is 0 Å². The third-order valence-electron chi connectivity index (χ3n) is 4.83. The highest BCUT2D eigenvalue weighted by molar-refractivity contribution is 6.33. The number of halogens is 1. The Balaban J connectivity index is 1.59. The number of carbonyl (C=O) groups excluding carboxylic acids is 2. The van der Waals surface area contributed by atoms with Gasteiger partial charge < -0.3 is 14.6 Å². The summed E-state index contributed by atoms with van der Waals surface area (Å²) in [4.78, 5) is 26.7. The lowest BCUT2D eigenvalue weighted by Gasteiger charge is -2.25. The quantitative estimate of drug-likeness (QED) is 0.565. The molecule has 0 bridgehead atoms. The third-order valence-corrected chi connectivity index (χ3v) is 5.16. The van der Waals surface area contributed by atoms with Crippen LogP contribution in [0.15, 0.2) is 52.9 Å². The van der Waals surface area contributed by atoms with Gasteiger partial charge in [0, 0.05) is 24.6 Å². The molecular weight excluding hydrogens is 416 g/mol. The van der Waals surface area contributed by atoms with E-state index in [1.165, 1.54) is 0 Å². The molecule has 1 aromatic heterocycles. The fourth-order valence-electron chi connectivity index (χ4n) is 3.11. The molecule has 162 valence electrons. The lowest BCUT2D eigenvalue weighted by molar-refractivity contribution is -0.133. The highest BCUT2D eigenvalue weighted by atomic mass is 35.5. The number of hydrogen-bond donors (Lipinski definition) is 1. The molecule has 1 heterocycles. The van der Waals surface area contributed by atoms with Crippen LogP contribution in [0.4, 0.5) is 0 Å². The number of aryl methyl sites for hydroxylation is 1. The second-order valence-electron chi connectivity index (χ2n) is 7.42. The molecule has 1 N–H and O–H groups in total. The number of amides is 2. The van der Waals surface area contributed by atoms with E-state index in [-0.39, 0.29) is 37.4 Å². The van der Waals surface area contributed by atoms with Crippen LogP contribution in [0, 0.1) is 6.92 Å². The lowest BCUT2D eigenvalue weighted by Crippen LogP contribution is -2.38. The summed E-state index contributed by atoms with van der Waals surface area (Å²) in [7, 11) is 0. The molecule has 0 fully saturated rings. The summed E-state index contributed by atoms with van der Waals surface area (Å²) in [5, 5.41) is 11.4. The van der Waals surface area contributed by atoms with Crippen molar-refractivity contribution in [2.24, 2.45) is 0 Å². The molecule has 0 aliphatic carbocycles. The van der Waals surface area contributed by atoms with Gasteiger partial charge >= 0.3 is 0 Å². The van der Waals surface area contributed by atoms with Crippen LogP contribution in [0.25, 0.3) is 11.5 Å². The van der Waals surface area contributed by atoms with Gasteiger partial charge in [0.15, 0.2) is 0 Å². The zero-order valence-corrected chi connectivity index (χ0v) is 18.5. The largest absolute Gasteiger partial charge is 0.419 e. The Kier molecular flexibility index (Phi) is 7.41. The van der Waals surface area contributed by atoms with Gasteiger partial charge in [0.25, 0.3) is 5.91 Å². The van der Waals surface area contributed by atoms with Crippen molar-refractivity contribution in [3.05, 3.63) is 70.6 Å². The van der Waals surface area contributed by atoms with Crippen molar-refractivity contribution in [1.29, 1.82) is 0 Å². The van der Waals surface area contributed by atoms with E-state index < -0.39 is 0 Å². The minimum Gasteiger partial charge on any atom is -0.419 e. The van der Waals surface area contributed by atoms with E-state index in [1.807, 2.05) is 51.1 Å². The normalized spacial score (nSPS) is 10.9. The SMILES string of the molecule is Cc1ccccc1C(=O)NCCC(=O)N(Cc1nnc(-c2ccccc2Cl)o1)C(C)C. The number of carbonyl (C=O) groups is 2. The smallest absolute Gasteiger partial charge is 0.251 e. The number of nitrogens with one attached hydrogen (secondary N) is 1. The van der Waals surface area contributed by atoms with Crippen LogP contribution in [0.3, 0.4) is 0 Å². The van der Waals surface area contributed by atoms with Crippen LogP contribution < -0.4 is 5.32 Å². The average molecular weight is 441 g/mol. The Morgan fingerprint density at radius 2 is 1.81 bits per heavy atom. The molecule has 2 aromatic carbocycles. The van der Waals surface area contributed by atoms with Gasteiger partial charge in [0.05, 0.1) is 17.1 Å². The van der Waals surface area contributed by atoms with Crippen LogP contribution in [-0.2, 0) is 11.3 Å².